The van der Waals surface area contributed by atoms with Crippen LogP contribution in [-0.2, 0) is 15.1 Å². The van der Waals surface area contributed by atoms with Gasteiger partial charge in [0.25, 0.3) is 5.91 Å². The fraction of sp³-hybridized carbons (Fsp3) is 0.286. The second-order valence-electron chi connectivity index (χ2n) is 6.93. The van der Waals surface area contributed by atoms with Crippen LogP contribution in [0.3, 0.4) is 0 Å². The molecule has 4 rings (SSSR count). The summed E-state index contributed by atoms with van der Waals surface area (Å²) in [6.45, 7) is 0. The summed E-state index contributed by atoms with van der Waals surface area (Å²) in [7, 11) is 0. The number of anilines is 1. The van der Waals surface area contributed by atoms with Gasteiger partial charge in [-0.05, 0) is 43.0 Å². The summed E-state index contributed by atoms with van der Waals surface area (Å²) in [6.07, 6.45) is 3.35. The van der Waals surface area contributed by atoms with E-state index >= 15 is 0 Å². The molecule has 1 N–H and O–H groups in total. The van der Waals surface area contributed by atoms with Gasteiger partial charge in [0.1, 0.15) is 0 Å². The Hall–Kier alpha value is -2.95. The summed E-state index contributed by atoms with van der Waals surface area (Å²) in [4.78, 5) is 37.9. The zero-order valence-corrected chi connectivity index (χ0v) is 14.4. The molecule has 0 atom stereocenters. The van der Waals surface area contributed by atoms with Gasteiger partial charge in [-0.1, -0.05) is 36.4 Å². The molecule has 3 amide bonds. The van der Waals surface area contributed by atoms with Crippen LogP contribution >= 0.6 is 0 Å². The Bertz CT molecular complexity index is 856. The van der Waals surface area contributed by atoms with E-state index in [0.29, 0.717) is 11.3 Å². The second-order valence-corrected chi connectivity index (χ2v) is 6.93. The van der Waals surface area contributed by atoms with Crippen LogP contribution in [0.15, 0.2) is 54.6 Å². The third-order valence-electron chi connectivity index (χ3n) is 5.30. The molecule has 26 heavy (non-hydrogen) atoms. The maximum Gasteiger partial charge on any atom is 0.252 e. The molecular weight excluding hydrogens is 328 g/mol. The van der Waals surface area contributed by atoms with E-state index in [9.17, 15) is 14.4 Å². The Labute approximate surface area is 152 Å². The van der Waals surface area contributed by atoms with E-state index in [1.807, 2.05) is 30.3 Å². The van der Waals surface area contributed by atoms with Gasteiger partial charge in [-0.3, -0.25) is 19.3 Å². The molecule has 2 aromatic rings. The van der Waals surface area contributed by atoms with Crippen LogP contribution < -0.4 is 10.2 Å². The molecule has 2 aromatic carbocycles. The molecule has 0 aromatic heterocycles. The number of hydrogen-bond donors (Lipinski definition) is 1. The highest BCUT2D eigenvalue weighted by atomic mass is 16.2. The number of imide groups is 1. The van der Waals surface area contributed by atoms with Crippen molar-refractivity contribution in [3.8, 4) is 0 Å². The van der Waals surface area contributed by atoms with Crippen molar-refractivity contribution in [3.63, 3.8) is 0 Å². The maximum atomic E-state index is 12.9. The van der Waals surface area contributed by atoms with Crippen molar-refractivity contribution in [3.05, 3.63) is 65.7 Å². The zero-order valence-electron chi connectivity index (χ0n) is 14.4. The number of carbonyl (C=O) groups is 3. The lowest BCUT2D eigenvalue weighted by Crippen LogP contribution is -2.50. The van der Waals surface area contributed by atoms with Gasteiger partial charge in [0.2, 0.25) is 11.8 Å². The van der Waals surface area contributed by atoms with Crippen molar-refractivity contribution >= 4 is 23.4 Å². The number of amides is 3. The summed E-state index contributed by atoms with van der Waals surface area (Å²) in [5, 5.41) is 3.18. The average molecular weight is 348 g/mol. The lowest BCUT2D eigenvalue weighted by atomic mass is 9.71. The van der Waals surface area contributed by atoms with Gasteiger partial charge in [0.05, 0.1) is 11.2 Å². The smallest absolute Gasteiger partial charge is 0.252 e. The molecule has 0 unspecified atom stereocenters. The van der Waals surface area contributed by atoms with Gasteiger partial charge in [0.15, 0.2) is 0 Å². The molecule has 1 saturated carbocycles. The lowest BCUT2D eigenvalue weighted by Gasteiger charge is -2.43. The highest BCUT2D eigenvalue weighted by Crippen LogP contribution is 2.41. The summed E-state index contributed by atoms with van der Waals surface area (Å²) >= 11 is 0. The summed E-state index contributed by atoms with van der Waals surface area (Å²) in [6, 6.07) is 16.7. The van der Waals surface area contributed by atoms with Gasteiger partial charge in [-0.25, -0.2) is 0 Å². The molecule has 0 radical (unpaired) electrons. The molecule has 5 nitrogen and oxygen atoms in total. The molecular formula is C21H20N2O3. The molecule has 2 aliphatic rings. The molecule has 1 aliphatic carbocycles. The minimum atomic E-state index is -0.326. The van der Waals surface area contributed by atoms with E-state index in [1.54, 1.807) is 24.3 Å². The van der Waals surface area contributed by atoms with Crippen molar-refractivity contribution in [2.45, 2.75) is 37.6 Å². The average Bonchev–Trinajstić information content (AvgIpc) is 2.97. The minimum Gasteiger partial charge on any atom is -0.343 e. The first-order chi connectivity index (χ1) is 12.6. The van der Waals surface area contributed by atoms with E-state index in [-0.39, 0.29) is 36.1 Å². The molecule has 0 bridgehead atoms. The summed E-state index contributed by atoms with van der Waals surface area (Å²) < 4.78 is 0. The Morgan fingerprint density at radius 3 is 2.23 bits per heavy atom. The van der Waals surface area contributed by atoms with Crippen molar-refractivity contribution in [1.29, 1.82) is 0 Å². The Morgan fingerprint density at radius 1 is 0.923 bits per heavy atom. The van der Waals surface area contributed by atoms with Crippen molar-refractivity contribution in [2.24, 2.45) is 0 Å². The van der Waals surface area contributed by atoms with Gasteiger partial charge >= 0.3 is 0 Å². The number of nitrogens with one attached hydrogen (secondary N) is 1. The van der Waals surface area contributed by atoms with Gasteiger partial charge in [0, 0.05) is 18.4 Å². The van der Waals surface area contributed by atoms with Crippen LogP contribution in [0.1, 0.15) is 48.0 Å². The fourth-order valence-electron chi connectivity index (χ4n) is 3.71. The quantitative estimate of drug-likeness (QED) is 0.863. The first-order valence-electron chi connectivity index (χ1n) is 8.93. The van der Waals surface area contributed by atoms with E-state index < -0.39 is 0 Å². The fourth-order valence-corrected chi connectivity index (χ4v) is 3.71. The highest BCUT2D eigenvalue weighted by molar-refractivity contribution is 6.20. The molecule has 132 valence electrons. The molecule has 1 saturated heterocycles. The normalized spacial score (nSPS) is 18.5. The van der Waals surface area contributed by atoms with Crippen LogP contribution in [0.2, 0.25) is 0 Å². The Kier molecular flexibility index (Phi) is 4.07. The predicted molar refractivity (Wildman–Crippen MR) is 97.6 cm³/mol. The standard InChI is InChI=1S/C21H20N2O3/c24-18-10-11-19(25)23(18)17-9-4-6-15(14-17)20(26)22-21(12-5-13-21)16-7-2-1-3-8-16/h1-4,6-9,14H,5,10-13H2,(H,22,26). The molecule has 2 fully saturated rings. The summed E-state index contributed by atoms with van der Waals surface area (Å²) in [5.41, 5.74) is 1.71. The third-order valence-corrected chi connectivity index (χ3v) is 5.30. The number of hydrogen-bond acceptors (Lipinski definition) is 3. The van der Waals surface area contributed by atoms with Crippen LogP contribution in [-0.4, -0.2) is 17.7 Å². The van der Waals surface area contributed by atoms with Gasteiger partial charge in [-0.2, -0.15) is 0 Å². The van der Waals surface area contributed by atoms with E-state index in [1.165, 1.54) is 4.90 Å². The molecule has 0 spiro atoms. The Morgan fingerprint density at radius 2 is 1.62 bits per heavy atom. The predicted octanol–water partition coefficient (Wildman–Crippen LogP) is 3.15. The van der Waals surface area contributed by atoms with Crippen molar-refractivity contribution < 1.29 is 14.4 Å². The van der Waals surface area contributed by atoms with Crippen LogP contribution in [0, 0.1) is 0 Å². The largest absolute Gasteiger partial charge is 0.343 e. The molecule has 1 heterocycles. The van der Waals surface area contributed by atoms with Crippen LogP contribution in [0.25, 0.3) is 0 Å². The van der Waals surface area contributed by atoms with E-state index in [4.69, 9.17) is 0 Å². The second kappa shape index (κ2) is 6.41. The van der Waals surface area contributed by atoms with Gasteiger partial charge < -0.3 is 5.32 Å². The minimum absolute atomic E-state index is 0.186. The topological polar surface area (TPSA) is 66.5 Å². The molecule has 1 aliphatic heterocycles. The first-order valence-corrected chi connectivity index (χ1v) is 8.93. The zero-order chi connectivity index (χ0) is 18.1. The van der Waals surface area contributed by atoms with Crippen molar-refractivity contribution in [2.75, 3.05) is 4.90 Å². The lowest BCUT2D eigenvalue weighted by molar-refractivity contribution is -0.121. The van der Waals surface area contributed by atoms with Gasteiger partial charge in [-0.15, -0.1) is 0 Å². The number of rotatable bonds is 4. The van der Waals surface area contributed by atoms with Crippen LogP contribution in [0.5, 0.6) is 0 Å². The Balaban J connectivity index is 1.58. The van der Waals surface area contributed by atoms with E-state index in [0.717, 1.165) is 24.8 Å². The van der Waals surface area contributed by atoms with E-state index in [2.05, 4.69) is 5.32 Å². The third kappa shape index (κ3) is 2.79. The number of carbonyl (C=O) groups excluding carboxylic acids is 3. The highest BCUT2D eigenvalue weighted by Gasteiger charge is 2.40. The number of benzene rings is 2. The SMILES string of the molecule is O=C(NC1(c2ccccc2)CCC1)c1cccc(N2C(=O)CCC2=O)c1. The monoisotopic (exact) mass is 348 g/mol. The maximum absolute atomic E-state index is 12.9. The number of nitrogens with zero attached hydrogens (tertiary/aromatic N) is 1. The van der Waals surface area contributed by atoms with Crippen LogP contribution in [0.4, 0.5) is 5.69 Å². The van der Waals surface area contributed by atoms with Crippen molar-refractivity contribution in [1.82, 2.24) is 5.32 Å². The summed E-state index contributed by atoms with van der Waals surface area (Å²) in [5.74, 6) is -0.617. The molecule has 5 heteroatoms. The first kappa shape index (κ1) is 16.5.